The number of carbonyl (C=O) groups is 1. The number of hydrogen-bond donors (Lipinski definition) is 1. The third kappa shape index (κ3) is 3.76. The fourth-order valence-electron chi connectivity index (χ4n) is 5.43. The number of aliphatic hydroxyl groups excluding tert-OH is 1. The van der Waals surface area contributed by atoms with Crippen LogP contribution < -0.4 is 0 Å². The topological polar surface area (TPSA) is 61.6 Å². The Labute approximate surface area is 176 Å². The third-order valence-electron chi connectivity index (χ3n) is 7.03. The number of fused-ring (bicyclic) bond motifs is 1. The average molecular weight is 415 g/mol. The molecule has 2 aromatic heterocycles. The molecule has 1 N–H and O–H groups in total. The second kappa shape index (κ2) is 7.52. The normalized spacial score (nSPS) is 24.2. The summed E-state index contributed by atoms with van der Waals surface area (Å²) in [6.07, 6.45) is 4.66. The lowest BCUT2D eigenvalue weighted by molar-refractivity contribution is -0.0402. The van der Waals surface area contributed by atoms with Gasteiger partial charge in [0.1, 0.15) is 0 Å². The monoisotopic (exact) mass is 414 g/mol. The van der Waals surface area contributed by atoms with Crippen LogP contribution >= 0.6 is 11.3 Å². The molecule has 1 atom stereocenters. The van der Waals surface area contributed by atoms with Gasteiger partial charge in [-0.25, -0.2) is 0 Å². The van der Waals surface area contributed by atoms with Crippen LogP contribution in [-0.4, -0.2) is 62.9 Å². The number of likely N-dealkylation sites (tertiary alicyclic amines) is 2. The smallest absolute Gasteiger partial charge is 0.274 e. The molecule has 5 rings (SSSR count). The van der Waals surface area contributed by atoms with Crippen molar-refractivity contribution in [1.82, 2.24) is 19.6 Å². The van der Waals surface area contributed by atoms with Crippen molar-refractivity contribution in [3.63, 3.8) is 0 Å². The van der Waals surface area contributed by atoms with Crippen molar-refractivity contribution in [2.24, 2.45) is 5.41 Å². The number of β-amino-alcohol motifs (C(OH)–C–C–N with tert-alkyl or cyclic N) is 1. The summed E-state index contributed by atoms with van der Waals surface area (Å²) in [6, 6.07) is 4.15. The van der Waals surface area contributed by atoms with E-state index < -0.39 is 0 Å². The molecule has 3 aliphatic rings. The summed E-state index contributed by atoms with van der Waals surface area (Å²) >= 11 is 1.81. The molecule has 2 fully saturated rings. The SMILES string of the molecule is Cc1ccsc1CN1CC(O)CC2(CCN(C(=O)c3cc4n(n3)CCC4)CC2)C1. The molecule has 29 heavy (non-hydrogen) atoms. The molecular weight excluding hydrogens is 384 g/mol. The largest absolute Gasteiger partial charge is 0.392 e. The van der Waals surface area contributed by atoms with E-state index in [1.54, 1.807) is 11.3 Å². The number of aromatic nitrogens is 2. The molecule has 5 heterocycles. The summed E-state index contributed by atoms with van der Waals surface area (Å²) in [5, 5.41) is 17.3. The first kappa shape index (κ1) is 19.3. The second-order valence-corrected chi connectivity index (χ2v) is 10.2. The van der Waals surface area contributed by atoms with Crippen LogP contribution in [0.5, 0.6) is 0 Å². The fourth-order valence-corrected chi connectivity index (χ4v) is 6.38. The van der Waals surface area contributed by atoms with Crippen LogP contribution in [0, 0.1) is 12.3 Å². The molecule has 156 valence electrons. The molecule has 6 nitrogen and oxygen atoms in total. The summed E-state index contributed by atoms with van der Waals surface area (Å²) in [4.78, 5) is 18.7. The van der Waals surface area contributed by atoms with Gasteiger partial charge >= 0.3 is 0 Å². The number of nitrogens with zero attached hydrogens (tertiary/aromatic N) is 4. The lowest BCUT2D eigenvalue weighted by Crippen LogP contribution is -2.54. The minimum atomic E-state index is -0.276. The first-order chi connectivity index (χ1) is 14.0. The molecule has 0 aliphatic carbocycles. The van der Waals surface area contributed by atoms with Crippen LogP contribution in [-0.2, 0) is 19.5 Å². The molecule has 7 heteroatoms. The summed E-state index contributed by atoms with van der Waals surface area (Å²) in [6.45, 7) is 7.32. The maximum absolute atomic E-state index is 12.9. The molecule has 1 spiro atoms. The number of aryl methyl sites for hydroxylation is 3. The summed E-state index contributed by atoms with van der Waals surface area (Å²) < 4.78 is 1.99. The zero-order valence-corrected chi connectivity index (χ0v) is 18.0. The quantitative estimate of drug-likeness (QED) is 0.839. The van der Waals surface area contributed by atoms with Crippen molar-refractivity contribution < 1.29 is 9.90 Å². The Hall–Kier alpha value is -1.70. The van der Waals surface area contributed by atoms with E-state index in [1.807, 2.05) is 15.6 Å². The van der Waals surface area contributed by atoms with Crippen molar-refractivity contribution in [2.45, 2.75) is 58.2 Å². The number of carbonyl (C=O) groups excluding carboxylic acids is 1. The summed E-state index contributed by atoms with van der Waals surface area (Å²) in [5.41, 5.74) is 3.26. The molecule has 2 saturated heterocycles. The maximum Gasteiger partial charge on any atom is 0.274 e. The van der Waals surface area contributed by atoms with Gasteiger partial charge in [-0.15, -0.1) is 11.3 Å². The van der Waals surface area contributed by atoms with Gasteiger partial charge in [0.15, 0.2) is 5.69 Å². The highest BCUT2D eigenvalue weighted by Gasteiger charge is 2.42. The van der Waals surface area contributed by atoms with Crippen molar-refractivity contribution in [2.75, 3.05) is 26.2 Å². The number of aliphatic hydroxyl groups is 1. The Kier molecular flexibility index (Phi) is 5.00. The predicted molar refractivity (Wildman–Crippen MR) is 113 cm³/mol. The van der Waals surface area contributed by atoms with Gasteiger partial charge in [0.2, 0.25) is 0 Å². The van der Waals surface area contributed by atoms with Gasteiger partial charge in [0.25, 0.3) is 5.91 Å². The van der Waals surface area contributed by atoms with Crippen molar-refractivity contribution in [1.29, 1.82) is 0 Å². The number of piperidine rings is 2. The number of thiophene rings is 1. The molecule has 0 bridgehead atoms. The molecule has 0 aromatic carbocycles. The van der Waals surface area contributed by atoms with Crippen molar-refractivity contribution in [3.8, 4) is 0 Å². The van der Waals surface area contributed by atoms with E-state index >= 15 is 0 Å². The van der Waals surface area contributed by atoms with Crippen molar-refractivity contribution in [3.05, 3.63) is 39.3 Å². The highest BCUT2D eigenvalue weighted by molar-refractivity contribution is 7.10. The van der Waals surface area contributed by atoms with E-state index in [-0.39, 0.29) is 17.4 Å². The number of hydrogen-bond acceptors (Lipinski definition) is 5. The van der Waals surface area contributed by atoms with E-state index in [1.165, 1.54) is 16.1 Å². The van der Waals surface area contributed by atoms with Gasteiger partial charge in [0, 0.05) is 49.8 Å². The first-order valence-corrected chi connectivity index (χ1v) is 11.7. The molecule has 0 radical (unpaired) electrons. The fraction of sp³-hybridized carbons (Fsp3) is 0.636. The van der Waals surface area contributed by atoms with Crippen LogP contribution in [0.15, 0.2) is 17.5 Å². The number of amides is 1. The lowest BCUT2D eigenvalue weighted by Gasteiger charge is -2.49. The van der Waals surface area contributed by atoms with E-state index in [9.17, 15) is 9.90 Å². The van der Waals surface area contributed by atoms with Gasteiger partial charge in [-0.3, -0.25) is 14.4 Å². The third-order valence-corrected chi connectivity index (χ3v) is 8.04. The maximum atomic E-state index is 12.9. The van der Waals surface area contributed by atoms with Gasteiger partial charge in [-0.2, -0.15) is 5.10 Å². The van der Waals surface area contributed by atoms with Gasteiger partial charge in [-0.1, -0.05) is 0 Å². The molecule has 1 unspecified atom stereocenters. The second-order valence-electron chi connectivity index (χ2n) is 9.19. The van der Waals surface area contributed by atoms with E-state index in [0.717, 1.165) is 71.4 Å². The zero-order chi connectivity index (χ0) is 20.0. The standard InChI is InChI=1S/C22H30N4O2S/c1-16-4-10-29-20(16)14-24-13-18(27)12-22(15-24)5-8-25(9-6-22)21(28)19-11-17-3-2-7-26(17)23-19/h4,10-11,18,27H,2-3,5-9,12-15H2,1H3. The van der Waals surface area contributed by atoms with Crippen LogP contribution in [0.4, 0.5) is 0 Å². The zero-order valence-electron chi connectivity index (χ0n) is 17.1. The van der Waals surface area contributed by atoms with Crippen LogP contribution in [0.25, 0.3) is 0 Å². The highest BCUT2D eigenvalue weighted by atomic mass is 32.1. The molecule has 3 aliphatic heterocycles. The van der Waals surface area contributed by atoms with Crippen molar-refractivity contribution >= 4 is 17.2 Å². The molecule has 2 aromatic rings. The Bertz CT molecular complexity index is 875. The Morgan fingerprint density at radius 3 is 2.90 bits per heavy atom. The predicted octanol–water partition coefficient (Wildman–Crippen LogP) is 2.69. The number of rotatable bonds is 3. The first-order valence-electron chi connectivity index (χ1n) is 10.8. The van der Waals surface area contributed by atoms with Gasteiger partial charge in [-0.05, 0) is 67.5 Å². The lowest BCUT2D eigenvalue weighted by atomic mass is 9.71. The molecular formula is C22H30N4O2S. The van der Waals surface area contributed by atoms with Crippen LogP contribution in [0.2, 0.25) is 0 Å². The molecule has 1 amide bonds. The van der Waals surface area contributed by atoms with E-state index in [4.69, 9.17) is 0 Å². The van der Waals surface area contributed by atoms with Crippen LogP contribution in [0.3, 0.4) is 0 Å². The summed E-state index contributed by atoms with van der Waals surface area (Å²) in [7, 11) is 0. The van der Waals surface area contributed by atoms with E-state index in [2.05, 4.69) is 28.4 Å². The van der Waals surface area contributed by atoms with Gasteiger partial charge < -0.3 is 10.0 Å². The Morgan fingerprint density at radius 1 is 1.34 bits per heavy atom. The average Bonchev–Trinajstić information content (AvgIpc) is 3.38. The minimum Gasteiger partial charge on any atom is -0.392 e. The Balaban J connectivity index is 1.23. The summed E-state index contributed by atoms with van der Waals surface area (Å²) in [5.74, 6) is 0.0733. The highest BCUT2D eigenvalue weighted by Crippen LogP contribution is 2.41. The molecule has 0 saturated carbocycles. The minimum absolute atomic E-state index is 0.0733. The Morgan fingerprint density at radius 2 is 2.17 bits per heavy atom. The van der Waals surface area contributed by atoms with Gasteiger partial charge in [0.05, 0.1) is 6.10 Å². The van der Waals surface area contributed by atoms with E-state index in [0.29, 0.717) is 5.69 Å². The van der Waals surface area contributed by atoms with Crippen LogP contribution in [0.1, 0.15) is 52.3 Å².